The third-order valence-electron chi connectivity index (χ3n) is 2.73. The van der Waals surface area contributed by atoms with Gasteiger partial charge in [0.05, 0.1) is 0 Å². The molecule has 2 rings (SSSR count). The second-order valence-corrected chi connectivity index (χ2v) is 3.93. The summed E-state index contributed by atoms with van der Waals surface area (Å²) in [6.07, 6.45) is 4.08. The van der Waals surface area contributed by atoms with Crippen molar-refractivity contribution in [2.75, 3.05) is 0 Å². The van der Waals surface area contributed by atoms with Gasteiger partial charge in [-0.25, -0.2) is 0 Å². The number of hydrogen-bond acceptors (Lipinski definition) is 0. The lowest BCUT2D eigenvalue weighted by molar-refractivity contribution is 0.960. The summed E-state index contributed by atoms with van der Waals surface area (Å²) in [4.78, 5) is 0. The monoisotopic (exact) mass is 208 g/mol. The molecule has 0 aromatic heterocycles. The summed E-state index contributed by atoms with van der Waals surface area (Å²) < 4.78 is 0. The van der Waals surface area contributed by atoms with Gasteiger partial charge in [0.25, 0.3) is 0 Å². The van der Waals surface area contributed by atoms with Crippen molar-refractivity contribution in [1.29, 1.82) is 0 Å². The van der Waals surface area contributed by atoms with Crippen molar-refractivity contribution >= 4 is 6.08 Å². The molecular weight excluding hydrogens is 192 g/mol. The van der Waals surface area contributed by atoms with Gasteiger partial charge < -0.3 is 0 Å². The molecule has 0 heterocycles. The van der Waals surface area contributed by atoms with E-state index in [1.54, 1.807) is 0 Å². The SMILES string of the molecule is C=Cc1cccc(CCc2ccccc2)c1. The van der Waals surface area contributed by atoms with Gasteiger partial charge in [-0.3, -0.25) is 0 Å². The van der Waals surface area contributed by atoms with Crippen molar-refractivity contribution in [3.8, 4) is 0 Å². The van der Waals surface area contributed by atoms with E-state index in [0.29, 0.717) is 0 Å². The lowest BCUT2D eigenvalue weighted by Gasteiger charge is -2.03. The lowest BCUT2D eigenvalue weighted by atomic mass is 10.0. The van der Waals surface area contributed by atoms with Crippen LogP contribution < -0.4 is 0 Å². The molecule has 16 heavy (non-hydrogen) atoms. The van der Waals surface area contributed by atoms with E-state index in [1.165, 1.54) is 16.7 Å². The van der Waals surface area contributed by atoms with Crippen molar-refractivity contribution in [3.63, 3.8) is 0 Å². The average molecular weight is 208 g/mol. The highest BCUT2D eigenvalue weighted by Crippen LogP contribution is 2.10. The summed E-state index contributed by atoms with van der Waals surface area (Å²) in [7, 11) is 0. The van der Waals surface area contributed by atoms with E-state index in [1.807, 2.05) is 6.08 Å². The fourth-order valence-electron chi connectivity index (χ4n) is 1.81. The molecular formula is C16H16. The standard InChI is InChI=1S/C16H16/c1-2-14-9-6-10-16(13-14)12-11-15-7-4-3-5-8-15/h2-10,13H,1,11-12H2. The number of hydrogen-bond donors (Lipinski definition) is 0. The minimum absolute atomic E-state index is 1.09. The summed E-state index contributed by atoms with van der Waals surface area (Å²) in [5.41, 5.74) is 3.97. The van der Waals surface area contributed by atoms with Crippen LogP contribution in [0.5, 0.6) is 0 Å². The zero-order valence-electron chi connectivity index (χ0n) is 9.39. The first-order valence-corrected chi connectivity index (χ1v) is 5.64. The van der Waals surface area contributed by atoms with Crippen LogP contribution in [0.4, 0.5) is 0 Å². The van der Waals surface area contributed by atoms with Crippen molar-refractivity contribution in [2.45, 2.75) is 12.8 Å². The Labute approximate surface area is 97.3 Å². The summed E-state index contributed by atoms with van der Waals surface area (Å²) in [6.45, 7) is 3.79. The zero-order valence-corrected chi connectivity index (χ0v) is 9.39. The summed E-state index contributed by atoms with van der Waals surface area (Å²) in [5.74, 6) is 0. The Bertz CT molecular complexity index is 454. The Morgan fingerprint density at radius 3 is 2.25 bits per heavy atom. The van der Waals surface area contributed by atoms with Crippen molar-refractivity contribution in [3.05, 3.63) is 77.9 Å². The third kappa shape index (κ3) is 2.83. The van der Waals surface area contributed by atoms with Gasteiger partial charge >= 0.3 is 0 Å². The molecule has 0 nitrogen and oxygen atoms in total. The normalized spacial score (nSPS) is 10.0. The summed E-state index contributed by atoms with van der Waals surface area (Å²) >= 11 is 0. The molecule has 0 N–H and O–H groups in total. The molecule has 0 unspecified atom stereocenters. The topological polar surface area (TPSA) is 0 Å². The van der Waals surface area contributed by atoms with Crippen LogP contribution in [0, 0.1) is 0 Å². The highest BCUT2D eigenvalue weighted by atomic mass is 14.0. The van der Waals surface area contributed by atoms with Crippen LogP contribution in [0.2, 0.25) is 0 Å². The molecule has 0 saturated carbocycles. The van der Waals surface area contributed by atoms with E-state index in [0.717, 1.165) is 12.8 Å². The molecule has 0 bridgehead atoms. The van der Waals surface area contributed by atoms with Crippen LogP contribution in [0.25, 0.3) is 6.08 Å². The average Bonchev–Trinajstić information content (AvgIpc) is 2.38. The molecule has 0 saturated heterocycles. The maximum Gasteiger partial charge on any atom is -0.0238 e. The predicted molar refractivity (Wildman–Crippen MR) is 70.4 cm³/mol. The highest BCUT2D eigenvalue weighted by Gasteiger charge is 1.95. The van der Waals surface area contributed by atoms with Crippen molar-refractivity contribution in [1.82, 2.24) is 0 Å². The maximum atomic E-state index is 3.79. The van der Waals surface area contributed by atoms with Gasteiger partial charge in [0.15, 0.2) is 0 Å². The van der Waals surface area contributed by atoms with Crippen LogP contribution in [-0.4, -0.2) is 0 Å². The van der Waals surface area contributed by atoms with Crippen molar-refractivity contribution < 1.29 is 0 Å². The Morgan fingerprint density at radius 1 is 0.812 bits per heavy atom. The fraction of sp³-hybridized carbons (Fsp3) is 0.125. The first kappa shape index (κ1) is 10.7. The van der Waals surface area contributed by atoms with E-state index < -0.39 is 0 Å². The van der Waals surface area contributed by atoms with E-state index in [2.05, 4.69) is 61.2 Å². The first-order valence-electron chi connectivity index (χ1n) is 5.64. The molecule has 0 aliphatic carbocycles. The third-order valence-corrected chi connectivity index (χ3v) is 2.73. The molecule has 0 spiro atoms. The molecule has 0 aliphatic heterocycles. The van der Waals surface area contributed by atoms with E-state index in [9.17, 15) is 0 Å². The molecule has 80 valence electrons. The summed E-state index contributed by atoms with van der Waals surface area (Å²) in [5, 5.41) is 0. The van der Waals surface area contributed by atoms with Crippen LogP contribution >= 0.6 is 0 Å². The fourth-order valence-corrected chi connectivity index (χ4v) is 1.81. The minimum atomic E-state index is 1.09. The number of rotatable bonds is 4. The second kappa shape index (κ2) is 5.32. The largest absolute Gasteiger partial charge is 0.0985 e. The quantitative estimate of drug-likeness (QED) is 0.709. The van der Waals surface area contributed by atoms with Crippen LogP contribution in [0.1, 0.15) is 16.7 Å². The minimum Gasteiger partial charge on any atom is -0.0985 e. The smallest absolute Gasteiger partial charge is 0.0238 e. The Kier molecular flexibility index (Phi) is 3.55. The Morgan fingerprint density at radius 2 is 1.50 bits per heavy atom. The predicted octanol–water partition coefficient (Wildman–Crippen LogP) is 4.11. The van der Waals surface area contributed by atoms with Gasteiger partial charge in [-0.2, -0.15) is 0 Å². The van der Waals surface area contributed by atoms with Gasteiger partial charge in [0.2, 0.25) is 0 Å². The van der Waals surface area contributed by atoms with E-state index in [4.69, 9.17) is 0 Å². The van der Waals surface area contributed by atoms with Gasteiger partial charge in [-0.05, 0) is 29.5 Å². The van der Waals surface area contributed by atoms with Gasteiger partial charge in [0, 0.05) is 0 Å². The molecule has 2 aromatic carbocycles. The van der Waals surface area contributed by atoms with Crippen LogP contribution in [0.15, 0.2) is 61.2 Å². The van der Waals surface area contributed by atoms with Gasteiger partial charge in [-0.15, -0.1) is 0 Å². The molecule has 0 amide bonds. The second-order valence-electron chi connectivity index (χ2n) is 3.93. The van der Waals surface area contributed by atoms with Gasteiger partial charge in [-0.1, -0.05) is 67.3 Å². The number of benzene rings is 2. The Balaban J connectivity index is 2.02. The van der Waals surface area contributed by atoms with Gasteiger partial charge in [0.1, 0.15) is 0 Å². The Hall–Kier alpha value is -1.82. The van der Waals surface area contributed by atoms with Crippen molar-refractivity contribution in [2.24, 2.45) is 0 Å². The zero-order chi connectivity index (χ0) is 11.2. The lowest BCUT2D eigenvalue weighted by Crippen LogP contribution is -1.91. The number of aryl methyl sites for hydroxylation is 2. The molecule has 2 aromatic rings. The molecule has 0 heteroatoms. The van der Waals surface area contributed by atoms with Crippen LogP contribution in [0.3, 0.4) is 0 Å². The molecule has 0 atom stereocenters. The summed E-state index contributed by atoms with van der Waals surface area (Å²) in [6, 6.07) is 19.2. The molecule has 0 fully saturated rings. The van der Waals surface area contributed by atoms with E-state index in [-0.39, 0.29) is 0 Å². The van der Waals surface area contributed by atoms with E-state index >= 15 is 0 Å². The molecule has 0 aliphatic rings. The highest BCUT2D eigenvalue weighted by molar-refractivity contribution is 5.48. The first-order chi connectivity index (χ1) is 7.88. The van der Waals surface area contributed by atoms with Crippen LogP contribution in [-0.2, 0) is 12.8 Å². The maximum absolute atomic E-state index is 3.79. The molecule has 0 radical (unpaired) electrons.